The number of carbonyl (C=O) groups is 2. The van der Waals surface area contributed by atoms with Gasteiger partial charge >= 0.3 is 5.97 Å². The van der Waals surface area contributed by atoms with Crippen molar-refractivity contribution in [2.45, 2.75) is 13.5 Å². The average molecular weight is 367 g/mol. The Balaban J connectivity index is 1.55. The monoisotopic (exact) mass is 367 g/mol. The lowest BCUT2D eigenvalue weighted by Gasteiger charge is -2.06. The summed E-state index contributed by atoms with van der Waals surface area (Å²) in [6, 6.07) is 15.0. The summed E-state index contributed by atoms with van der Waals surface area (Å²) < 4.78 is 5.11. The number of ether oxygens (including phenoxy) is 1. The Hall–Kier alpha value is -3.06. The molecule has 0 bridgehead atoms. The molecule has 2 heterocycles. The summed E-state index contributed by atoms with van der Waals surface area (Å²) in [4.78, 5) is 33.0. The molecule has 0 saturated heterocycles. The number of aromatic nitrogens is 2. The van der Waals surface area contributed by atoms with E-state index < -0.39 is 5.97 Å². The number of carbonyl (C=O) groups excluding carboxylic acids is 2. The quantitative estimate of drug-likeness (QED) is 0.678. The van der Waals surface area contributed by atoms with Gasteiger partial charge in [0.25, 0.3) is 5.91 Å². The predicted octanol–water partition coefficient (Wildman–Crippen LogP) is 2.99. The average Bonchev–Trinajstić information content (AvgIpc) is 3.08. The van der Waals surface area contributed by atoms with Gasteiger partial charge in [0.15, 0.2) is 6.61 Å². The fraction of sp³-hybridized carbons (Fsp3) is 0.158. The number of amides is 1. The first-order valence-electron chi connectivity index (χ1n) is 8.00. The van der Waals surface area contributed by atoms with E-state index in [-0.39, 0.29) is 12.5 Å². The molecule has 0 unspecified atom stereocenters. The van der Waals surface area contributed by atoms with E-state index in [0.717, 1.165) is 5.56 Å². The molecule has 1 amide bonds. The summed E-state index contributed by atoms with van der Waals surface area (Å²) in [6.45, 7) is 1.79. The lowest BCUT2D eigenvalue weighted by molar-refractivity contribution is -0.124. The van der Waals surface area contributed by atoms with E-state index in [9.17, 15) is 9.59 Å². The maximum atomic E-state index is 12.2. The van der Waals surface area contributed by atoms with Crippen LogP contribution in [0.25, 0.3) is 10.7 Å². The standard InChI is InChI=1S/C19H17N3O3S/c1-13-17(26-18(22-13)15-9-5-6-10-20-15)19(24)25-12-16(23)21-11-14-7-3-2-4-8-14/h2-10H,11-12H2,1H3,(H,21,23). The Kier molecular flexibility index (Phi) is 5.70. The van der Waals surface area contributed by atoms with Crippen LogP contribution in [-0.4, -0.2) is 28.5 Å². The maximum Gasteiger partial charge on any atom is 0.350 e. The zero-order chi connectivity index (χ0) is 18.4. The van der Waals surface area contributed by atoms with Crippen LogP contribution in [0.2, 0.25) is 0 Å². The van der Waals surface area contributed by atoms with E-state index >= 15 is 0 Å². The molecule has 0 aliphatic heterocycles. The molecule has 0 atom stereocenters. The minimum atomic E-state index is -0.558. The van der Waals surface area contributed by atoms with Gasteiger partial charge in [-0.25, -0.2) is 9.78 Å². The molecule has 7 heteroatoms. The van der Waals surface area contributed by atoms with Crippen LogP contribution in [0.5, 0.6) is 0 Å². The number of benzene rings is 1. The molecule has 0 radical (unpaired) electrons. The van der Waals surface area contributed by atoms with E-state index in [1.165, 1.54) is 11.3 Å². The molecular formula is C19H17N3O3S. The number of nitrogens with one attached hydrogen (secondary N) is 1. The van der Waals surface area contributed by atoms with Gasteiger partial charge in [-0.3, -0.25) is 9.78 Å². The molecule has 3 rings (SSSR count). The zero-order valence-corrected chi connectivity index (χ0v) is 15.0. The minimum Gasteiger partial charge on any atom is -0.451 e. The second-order valence-electron chi connectivity index (χ2n) is 5.49. The molecule has 26 heavy (non-hydrogen) atoms. The lowest BCUT2D eigenvalue weighted by Crippen LogP contribution is -2.28. The lowest BCUT2D eigenvalue weighted by atomic mass is 10.2. The Morgan fingerprint density at radius 2 is 1.88 bits per heavy atom. The van der Waals surface area contributed by atoms with Crippen LogP contribution in [0.4, 0.5) is 0 Å². The van der Waals surface area contributed by atoms with Gasteiger partial charge < -0.3 is 10.1 Å². The van der Waals surface area contributed by atoms with Crippen LogP contribution in [-0.2, 0) is 16.1 Å². The topological polar surface area (TPSA) is 81.2 Å². The molecule has 0 fully saturated rings. The molecule has 1 N–H and O–H groups in total. The molecule has 0 aliphatic rings. The second kappa shape index (κ2) is 8.35. The third-order valence-electron chi connectivity index (χ3n) is 3.53. The molecule has 3 aromatic rings. The fourth-order valence-electron chi connectivity index (χ4n) is 2.23. The highest BCUT2D eigenvalue weighted by Gasteiger charge is 2.19. The highest BCUT2D eigenvalue weighted by Crippen LogP contribution is 2.26. The van der Waals surface area contributed by atoms with Gasteiger partial charge in [0, 0.05) is 12.7 Å². The molecule has 0 spiro atoms. The molecule has 0 aliphatic carbocycles. The first kappa shape index (κ1) is 17.8. The summed E-state index contributed by atoms with van der Waals surface area (Å²) >= 11 is 1.20. The van der Waals surface area contributed by atoms with Crippen molar-refractivity contribution in [2.24, 2.45) is 0 Å². The Bertz CT molecular complexity index is 895. The summed E-state index contributed by atoms with van der Waals surface area (Å²) in [5.74, 6) is -0.911. The van der Waals surface area contributed by atoms with Crippen molar-refractivity contribution < 1.29 is 14.3 Å². The Labute approximate surface area is 154 Å². The number of rotatable bonds is 6. The third kappa shape index (κ3) is 4.52. The predicted molar refractivity (Wildman–Crippen MR) is 98.7 cm³/mol. The van der Waals surface area contributed by atoms with Crippen molar-refractivity contribution >= 4 is 23.2 Å². The molecule has 1 aromatic carbocycles. The largest absolute Gasteiger partial charge is 0.451 e. The number of esters is 1. The smallest absolute Gasteiger partial charge is 0.350 e. The number of aryl methyl sites for hydroxylation is 1. The fourth-order valence-corrected chi connectivity index (χ4v) is 3.17. The van der Waals surface area contributed by atoms with Crippen LogP contribution < -0.4 is 5.32 Å². The van der Waals surface area contributed by atoms with Crippen molar-refractivity contribution in [3.05, 3.63) is 70.9 Å². The first-order chi connectivity index (χ1) is 12.6. The van der Waals surface area contributed by atoms with Crippen LogP contribution >= 0.6 is 11.3 Å². The summed E-state index contributed by atoms with van der Waals surface area (Å²) in [5, 5.41) is 3.36. The van der Waals surface area contributed by atoms with E-state index in [4.69, 9.17) is 4.74 Å². The van der Waals surface area contributed by atoms with Gasteiger partial charge in [0.1, 0.15) is 9.88 Å². The molecule has 0 saturated carbocycles. The van der Waals surface area contributed by atoms with Gasteiger partial charge in [0.05, 0.1) is 11.4 Å². The SMILES string of the molecule is Cc1nc(-c2ccccn2)sc1C(=O)OCC(=O)NCc1ccccc1. The molecule has 132 valence electrons. The molecule has 2 aromatic heterocycles. The van der Waals surface area contributed by atoms with Crippen LogP contribution in [0.15, 0.2) is 54.7 Å². The van der Waals surface area contributed by atoms with Gasteiger partial charge in [-0.15, -0.1) is 11.3 Å². The van der Waals surface area contributed by atoms with Crippen molar-refractivity contribution in [1.29, 1.82) is 0 Å². The second-order valence-corrected chi connectivity index (χ2v) is 6.49. The Morgan fingerprint density at radius 1 is 1.12 bits per heavy atom. The van der Waals surface area contributed by atoms with E-state index in [1.54, 1.807) is 13.1 Å². The summed E-state index contributed by atoms with van der Waals surface area (Å²) in [6.07, 6.45) is 1.67. The number of nitrogens with zero attached hydrogens (tertiary/aromatic N) is 2. The third-order valence-corrected chi connectivity index (χ3v) is 4.69. The van der Waals surface area contributed by atoms with Gasteiger partial charge in [-0.05, 0) is 24.6 Å². The zero-order valence-electron chi connectivity index (χ0n) is 14.1. The highest BCUT2D eigenvalue weighted by atomic mass is 32.1. The van der Waals surface area contributed by atoms with Crippen molar-refractivity contribution in [1.82, 2.24) is 15.3 Å². The number of hydrogen-bond donors (Lipinski definition) is 1. The number of pyridine rings is 1. The van der Waals surface area contributed by atoms with Crippen LogP contribution in [0.1, 0.15) is 20.9 Å². The van der Waals surface area contributed by atoms with Gasteiger partial charge in [0.2, 0.25) is 0 Å². The first-order valence-corrected chi connectivity index (χ1v) is 8.81. The highest BCUT2D eigenvalue weighted by molar-refractivity contribution is 7.17. The van der Waals surface area contributed by atoms with Crippen molar-refractivity contribution in [2.75, 3.05) is 6.61 Å². The summed E-state index contributed by atoms with van der Waals surface area (Å²) in [5.41, 5.74) is 2.23. The number of thiazole rings is 1. The maximum absolute atomic E-state index is 12.2. The Morgan fingerprint density at radius 3 is 2.62 bits per heavy atom. The summed E-state index contributed by atoms with van der Waals surface area (Å²) in [7, 11) is 0. The van der Waals surface area contributed by atoms with Crippen LogP contribution in [0.3, 0.4) is 0 Å². The van der Waals surface area contributed by atoms with Gasteiger partial charge in [-0.1, -0.05) is 36.4 Å². The minimum absolute atomic E-state index is 0.331. The van der Waals surface area contributed by atoms with Gasteiger partial charge in [-0.2, -0.15) is 0 Å². The normalized spacial score (nSPS) is 10.3. The molecule has 6 nitrogen and oxygen atoms in total. The van der Waals surface area contributed by atoms with E-state index in [0.29, 0.717) is 27.8 Å². The van der Waals surface area contributed by atoms with Crippen LogP contribution in [0, 0.1) is 6.92 Å². The molecular weight excluding hydrogens is 350 g/mol. The van der Waals surface area contributed by atoms with Crippen molar-refractivity contribution in [3.8, 4) is 10.7 Å². The van der Waals surface area contributed by atoms with E-state index in [1.807, 2.05) is 48.5 Å². The van der Waals surface area contributed by atoms with E-state index in [2.05, 4.69) is 15.3 Å². The van der Waals surface area contributed by atoms with Crippen molar-refractivity contribution in [3.63, 3.8) is 0 Å². The number of hydrogen-bond acceptors (Lipinski definition) is 6.